The zero-order chi connectivity index (χ0) is 9.26. The summed E-state index contributed by atoms with van der Waals surface area (Å²) in [5.74, 6) is 0.421. The van der Waals surface area contributed by atoms with E-state index in [-0.39, 0.29) is 0 Å². The van der Waals surface area contributed by atoms with Gasteiger partial charge in [0.1, 0.15) is 4.83 Å². The molecule has 0 aliphatic heterocycles. The fourth-order valence-electron chi connectivity index (χ4n) is 1.14. The third-order valence-corrected chi connectivity index (χ3v) is 2.61. The Kier molecular flexibility index (Phi) is 1.93. The number of nitrogens with zero attached hydrogens (tertiary/aromatic N) is 2. The van der Waals surface area contributed by atoms with Gasteiger partial charge in [0.05, 0.1) is 0 Å². The third kappa shape index (κ3) is 1.49. The zero-order valence-corrected chi connectivity index (χ0v) is 7.76. The highest BCUT2D eigenvalue weighted by molar-refractivity contribution is 7.18. The van der Waals surface area contributed by atoms with Gasteiger partial charge in [0.25, 0.3) is 0 Å². The summed E-state index contributed by atoms with van der Waals surface area (Å²) in [6, 6.07) is 5.67. The van der Waals surface area contributed by atoms with Crippen molar-refractivity contribution >= 4 is 33.5 Å². The summed E-state index contributed by atoms with van der Waals surface area (Å²) < 4.78 is 0. The van der Waals surface area contributed by atoms with Crippen molar-refractivity contribution in [1.82, 2.24) is 4.98 Å². The molecule has 0 amide bonds. The Morgan fingerprint density at radius 2 is 2.38 bits per heavy atom. The molecule has 2 rings (SSSR count). The van der Waals surface area contributed by atoms with Crippen molar-refractivity contribution in [2.75, 3.05) is 0 Å². The highest BCUT2D eigenvalue weighted by Crippen LogP contribution is 2.25. The molecule has 0 bridgehead atoms. The monoisotopic (exact) mass is 190 g/mol. The molecule has 2 heterocycles. The molecule has 0 radical (unpaired) electrons. The van der Waals surface area contributed by atoms with E-state index < -0.39 is 0 Å². The highest BCUT2D eigenvalue weighted by atomic mass is 32.1. The first kappa shape index (κ1) is 8.10. The van der Waals surface area contributed by atoms with E-state index in [1.165, 1.54) is 11.0 Å². The van der Waals surface area contributed by atoms with Gasteiger partial charge in [0, 0.05) is 10.3 Å². The zero-order valence-electron chi connectivity index (χ0n) is 6.94. The van der Waals surface area contributed by atoms with Crippen molar-refractivity contribution in [2.45, 2.75) is 6.92 Å². The maximum atomic E-state index is 9.99. The molecule has 0 spiro atoms. The molecule has 0 saturated carbocycles. The van der Waals surface area contributed by atoms with Crippen molar-refractivity contribution in [1.29, 1.82) is 0 Å². The van der Waals surface area contributed by atoms with Crippen LogP contribution in [0.3, 0.4) is 0 Å². The first-order valence-electron chi connectivity index (χ1n) is 3.74. The molecule has 3 nitrogen and oxygen atoms in total. The number of aliphatic imine (C=N–C) groups is 1. The lowest BCUT2D eigenvalue weighted by Gasteiger charge is -1.88. The molecule has 0 aromatic carbocycles. The van der Waals surface area contributed by atoms with Crippen LogP contribution in [0.5, 0.6) is 0 Å². The molecule has 4 heteroatoms. The van der Waals surface area contributed by atoms with Crippen molar-refractivity contribution in [3.63, 3.8) is 0 Å². The SMILES string of the molecule is Cc1cc2ccc(N=C=O)nc2s1. The minimum atomic E-state index is 0.421. The van der Waals surface area contributed by atoms with Gasteiger partial charge in [0.2, 0.25) is 6.08 Å². The van der Waals surface area contributed by atoms with E-state index in [4.69, 9.17) is 0 Å². The molecule has 0 saturated heterocycles. The first-order valence-corrected chi connectivity index (χ1v) is 4.56. The Morgan fingerprint density at radius 3 is 3.15 bits per heavy atom. The van der Waals surface area contributed by atoms with Gasteiger partial charge in [-0.15, -0.1) is 16.3 Å². The lowest BCUT2D eigenvalue weighted by Crippen LogP contribution is -1.71. The van der Waals surface area contributed by atoms with Crippen molar-refractivity contribution in [3.8, 4) is 0 Å². The lowest BCUT2D eigenvalue weighted by atomic mass is 10.3. The molecule has 0 N–H and O–H groups in total. The van der Waals surface area contributed by atoms with Gasteiger partial charge >= 0.3 is 0 Å². The molecule has 0 aliphatic carbocycles. The molecule has 2 aromatic rings. The second-order valence-electron chi connectivity index (χ2n) is 2.62. The van der Waals surface area contributed by atoms with Gasteiger partial charge in [-0.05, 0) is 25.1 Å². The second-order valence-corrected chi connectivity index (χ2v) is 3.86. The van der Waals surface area contributed by atoms with Crippen LogP contribution in [0.25, 0.3) is 10.2 Å². The van der Waals surface area contributed by atoms with Gasteiger partial charge in [-0.25, -0.2) is 9.78 Å². The number of hydrogen-bond donors (Lipinski definition) is 0. The topological polar surface area (TPSA) is 42.3 Å². The van der Waals surface area contributed by atoms with Gasteiger partial charge < -0.3 is 0 Å². The Balaban J connectivity index is 2.67. The fourth-order valence-corrected chi connectivity index (χ4v) is 2.02. The highest BCUT2D eigenvalue weighted by Gasteiger charge is 2.00. The Labute approximate surface area is 78.8 Å². The molecular formula is C9H6N2OS. The van der Waals surface area contributed by atoms with Crippen molar-refractivity contribution in [2.24, 2.45) is 4.99 Å². The second kappa shape index (κ2) is 3.09. The number of rotatable bonds is 1. The number of pyridine rings is 1. The normalized spacial score (nSPS) is 9.92. The molecule has 2 aromatic heterocycles. The standard InChI is InChI=1S/C9H6N2OS/c1-6-4-7-2-3-8(10-5-12)11-9(7)13-6/h2-4H,1H3. The Bertz CT molecular complexity index is 497. The van der Waals surface area contributed by atoms with E-state index in [1.807, 2.05) is 13.0 Å². The van der Waals surface area contributed by atoms with Gasteiger partial charge in [-0.2, -0.15) is 0 Å². The number of isocyanates is 1. The largest absolute Gasteiger partial charge is 0.242 e. The summed E-state index contributed by atoms with van der Waals surface area (Å²) in [5.41, 5.74) is 0. The van der Waals surface area contributed by atoms with Crippen LogP contribution >= 0.6 is 11.3 Å². The van der Waals surface area contributed by atoms with Crippen LogP contribution in [0.1, 0.15) is 4.88 Å². The van der Waals surface area contributed by atoms with Crippen LogP contribution in [0.4, 0.5) is 5.82 Å². The maximum Gasteiger partial charge on any atom is 0.242 e. The van der Waals surface area contributed by atoms with Crippen LogP contribution in [-0.4, -0.2) is 11.1 Å². The molecule has 0 aliphatic rings. The number of fused-ring (bicyclic) bond motifs is 1. The number of thiophene rings is 1. The van der Waals surface area contributed by atoms with E-state index in [1.54, 1.807) is 17.4 Å². The fraction of sp³-hybridized carbons (Fsp3) is 0.111. The van der Waals surface area contributed by atoms with E-state index in [2.05, 4.69) is 16.0 Å². The number of carbonyl (C=O) groups excluding carboxylic acids is 1. The third-order valence-electron chi connectivity index (χ3n) is 1.65. The predicted molar refractivity (Wildman–Crippen MR) is 52.1 cm³/mol. The van der Waals surface area contributed by atoms with Crippen molar-refractivity contribution in [3.05, 3.63) is 23.1 Å². The summed E-state index contributed by atoms with van der Waals surface area (Å²) in [4.78, 5) is 19.7. The minimum absolute atomic E-state index is 0.421. The smallest absolute Gasteiger partial charge is 0.217 e. The first-order chi connectivity index (χ1) is 6.29. The lowest BCUT2D eigenvalue weighted by molar-refractivity contribution is 0.565. The van der Waals surface area contributed by atoms with E-state index in [9.17, 15) is 4.79 Å². The molecule has 0 atom stereocenters. The Morgan fingerprint density at radius 1 is 1.54 bits per heavy atom. The maximum absolute atomic E-state index is 9.99. The van der Waals surface area contributed by atoms with E-state index in [0.29, 0.717) is 5.82 Å². The number of hydrogen-bond acceptors (Lipinski definition) is 4. The average molecular weight is 190 g/mol. The van der Waals surface area contributed by atoms with Crippen molar-refractivity contribution < 1.29 is 4.79 Å². The molecular weight excluding hydrogens is 184 g/mol. The van der Waals surface area contributed by atoms with Crippen LogP contribution < -0.4 is 0 Å². The Hall–Kier alpha value is -1.51. The van der Waals surface area contributed by atoms with Crippen LogP contribution in [0.2, 0.25) is 0 Å². The van der Waals surface area contributed by atoms with Gasteiger partial charge in [0.15, 0.2) is 5.82 Å². The molecule has 13 heavy (non-hydrogen) atoms. The molecule has 0 fully saturated rings. The summed E-state index contributed by atoms with van der Waals surface area (Å²) in [7, 11) is 0. The number of aryl methyl sites for hydroxylation is 1. The summed E-state index contributed by atoms with van der Waals surface area (Å²) >= 11 is 1.59. The minimum Gasteiger partial charge on any atom is -0.217 e. The van der Waals surface area contributed by atoms with Crippen LogP contribution in [-0.2, 0) is 4.79 Å². The summed E-state index contributed by atoms with van der Waals surface area (Å²) in [6.07, 6.45) is 1.47. The molecule has 64 valence electrons. The van der Waals surface area contributed by atoms with Gasteiger partial charge in [-0.1, -0.05) is 0 Å². The quantitative estimate of drug-likeness (QED) is 0.512. The van der Waals surface area contributed by atoms with E-state index >= 15 is 0 Å². The average Bonchev–Trinajstić information content (AvgIpc) is 2.44. The molecule has 0 unspecified atom stereocenters. The van der Waals surface area contributed by atoms with Crippen LogP contribution in [0, 0.1) is 6.92 Å². The number of aromatic nitrogens is 1. The summed E-state index contributed by atoms with van der Waals surface area (Å²) in [6.45, 7) is 2.02. The van der Waals surface area contributed by atoms with Crippen LogP contribution in [0.15, 0.2) is 23.2 Å². The van der Waals surface area contributed by atoms with Gasteiger partial charge in [-0.3, -0.25) is 0 Å². The predicted octanol–water partition coefficient (Wildman–Crippen LogP) is 2.57. The summed E-state index contributed by atoms with van der Waals surface area (Å²) in [5, 5.41) is 1.09. The van der Waals surface area contributed by atoms with E-state index in [0.717, 1.165) is 10.2 Å².